The Morgan fingerprint density at radius 2 is 1.87 bits per heavy atom. The quantitative estimate of drug-likeness (QED) is 0.484. The van der Waals surface area contributed by atoms with Crippen molar-refractivity contribution in [3.05, 3.63) is 61.4 Å². The summed E-state index contributed by atoms with van der Waals surface area (Å²) in [5.41, 5.74) is 1.57. The summed E-state index contributed by atoms with van der Waals surface area (Å²) in [6.07, 6.45) is 1.51. The number of rotatable bonds is 7. The van der Waals surface area contributed by atoms with Gasteiger partial charge in [-0.15, -0.1) is 0 Å². The monoisotopic (exact) mass is 555 g/mol. The highest BCUT2D eigenvalue weighted by Crippen LogP contribution is 2.38. The number of carboxylic acid groups (broad SMARTS) is 1. The number of amides is 2. The maximum absolute atomic E-state index is 12.3. The van der Waals surface area contributed by atoms with Gasteiger partial charge in [-0.1, -0.05) is 44.0 Å². The minimum absolute atomic E-state index is 0.132. The van der Waals surface area contributed by atoms with Gasteiger partial charge in [0, 0.05) is 8.95 Å². The molecule has 30 heavy (non-hydrogen) atoms. The van der Waals surface area contributed by atoms with Gasteiger partial charge in [0.15, 0.2) is 11.5 Å². The maximum atomic E-state index is 12.3. The van der Waals surface area contributed by atoms with Crippen LogP contribution in [0.1, 0.15) is 11.1 Å². The topological polar surface area (TPSA) is 93.1 Å². The van der Waals surface area contributed by atoms with Crippen LogP contribution in [0, 0.1) is 0 Å². The summed E-state index contributed by atoms with van der Waals surface area (Å²) >= 11 is 7.53. The SMILES string of the molecule is COc1cc(/C=C2/SC(=O)N(CC(=O)O)C2=O)c(Br)cc1OCc1ccc(Br)cc1. The van der Waals surface area contributed by atoms with Crippen LogP contribution >= 0.6 is 43.6 Å². The maximum Gasteiger partial charge on any atom is 0.323 e. The first-order valence-corrected chi connectivity index (χ1v) is 10.9. The molecule has 1 N–H and O–H groups in total. The van der Waals surface area contributed by atoms with Crippen LogP contribution in [0.4, 0.5) is 4.79 Å². The molecule has 0 aromatic heterocycles. The summed E-state index contributed by atoms with van der Waals surface area (Å²) in [5.74, 6) is -0.947. The van der Waals surface area contributed by atoms with Crippen LogP contribution in [-0.4, -0.2) is 40.8 Å². The molecule has 0 bridgehead atoms. The molecule has 156 valence electrons. The lowest BCUT2D eigenvalue weighted by Crippen LogP contribution is -2.33. The molecule has 2 amide bonds. The number of halogens is 2. The molecular weight excluding hydrogens is 542 g/mol. The Bertz CT molecular complexity index is 1040. The molecule has 0 unspecified atom stereocenters. The Morgan fingerprint density at radius 1 is 1.17 bits per heavy atom. The second kappa shape index (κ2) is 9.67. The van der Waals surface area contributed by atoms with E-state index in [0.717, 1.165) is 10.0 Å². The first kappa shape index (κ1) is 22.4. The van der Waals surface area contributed by atoms with E-state index in [1.165, 1.54) is 13.2 Å². The van der Waals surface area contributed by atoms with Crippen LogP contribution in [0.15, 0.2) is 50.2 Å². The fourth-order valence-electron chi connectivity index (χ4n) is 2.59. The first-order chi connectivity index (χ1) is 14.3. The molecule has 2 aromatic rings. The Kier molecular flexibility index (Phi) is 7.22. The number of imide groups is 1. The van der Waals surface area contributed by atoms with Crippen molar-refractivity contribution >= 4 is 66.8 Å². The summed E-state index contributed by atoms with van der Waals surface area (Å²) < 4.78 is 12.9. The van der Waals surface area contributed by atoms with E-state index in [1.54, 1.807) is 12.1 Å². The first-order valence-electron chi connectivity index (χ1n) is 8.50. The molecule has 1 saturated heterocycles. The predicted octanol–water partition coefficient (Wildman–Crippen LogP) is 4.92. The van der Waals surface area contributed by atoms with Gasteiger partial charge in [0.05, 0.1) is 12.0 Å². The number of ether oxygens (including phenoxy) is 2. The van der Waals surface area contributed by atoms with E-state index in [9.17, 15) is 14.4 Å². The van der Waals surface area contributed by atoms with Crippen LogP contribution in [0.5, 0.6) is 11.5 Å². The van der Waals surface area contributed by atoms with Gasteiger partial charge in [0.2, 0.25) is 0 Å². The van der Waals surface area contributed by atoms with Crippen LogP contribution in [0.3, 0.4) is 0 Å². The molecule has 1 fully saturated rings. The molecule has 3 rings (SSSR count). The zero-order chi connectivity index (χ0) is 21.8. The molecule has 0 atom stereocenters. The third-order valence-electron chi connectivity index (χ3n) is 4.04. The van der Waals surface area contributed by atoms with E-state index in [0.29, 0.717) is 44.8 Å². The molecule has 1 aliphatic rings. The van der Waals surface area contributed by atoms with Gasteiger partial charge in [-0.25, -0.2) is 0 Å². The normalized spacial score (nSPS) is 15.0. The molecule has 0 spiro atoms. The van der Waals surface area contributed by atoms with Gasteiger partial charge in [-0.2, -0.15) is 0 Å². The Morgan fingerprint density at radius 3 is 2.50 bits per heavy atom. The van der Waals surface area contributed by atoms with Crippen molar-refractivity contribution in [3.8, 4) is 11.5 Å². The lowest BCUT2D eigenvalue weighted by Gasteiger charge is -2.13. The highest BCUT2D eigenvalue weighted by Gasteiger charge is 2.36. The number of thioether (sulfide) groups is 1. The number of hydrogen-bond donors (Lipinski definition) is 1. The Balaban J connectivity index is 1.82. The highest BCUT2D eigenvalue weighted by atomic mass is 79.9. The lowest BCUT2D eigenvalue weighted by molar-refractivity contribution is -0.140. The smallest absolute Gasteiger partial charge is 0.323 e. The van der Waals surface area contributed by atoms with Crippen LogP contribution in [0.2, 0.25) is 0 Å². The minimum Gasteiger partial charge on any atom is -0.493 e. The molecule has 0 saturated carbocycles. The van der Waals surface area contributed by atoms with Crippen LogP contribution in [-0.2, 0) is 16.2 Å². The van der Waals surface area contributed by atoms with E-state index < -0.39 is 23.7 Å². The number of hydrogen-bond acceptors (Lipinski definition) is 6. The van der Waals surface area contributed by atoms with Crippen molar-refractivity contribution in [2.45, 2.75) is 6.61 Å². The van der Waals surface area contributed by atoms with Gasteiger partial charge in [0.1, 0.15) is 13.2 Å². The molecule has 10 heteroatoms. The van der Waals surface area contributed by atoms with Crippen molar-refractivity contribution in [2.24, 2.45) is 0 Å². The minimum atomic E-state index is -1.26. The number of nitrogens with zero attached hydrogens (tertiary/aromatic N) is 1. The van der Waals surface area contributed by atoms with Gasteiger partial charge in [-0.05, 0) is 53.2 Å². The van der Waals surface area contributed by atoms with Crippen molar-refractivity contribution in [1.29, 1.82) is 0 Å². The summed E-state index contributed by atoms with van der Waals surface area (Å²) in [7, 11) is 1.50. The highest BCUT2D eigenvalue weighted by molar-refractivity contribution is 9.10. The van der Waals surface area contributed by atoms with Gasteiger partial charge in [-0.3, -0.25) is 19.3 Å². The largest absolute Gasteiger partial charge is 0.493 e. The second-order valence-corrected chi connectivity index (χ2v) is 8.86. The summed E-state index contributed by atoms with van der Waals surface area (Å²) in [6.45, 7) is -0.334. The Labute approximate surface area is 193 Å². The van der Waals surface area contributed by atoms with Gasteiger partial charge < -0.3 is 14.6 Å². The van der Waals surface area contributed by atoms with Gasteiger partial charge >= 0.3 is 5.97 Å². The number of aliphatic carboxylic acids is 1. The molecule has 0 aliphatic carbocycles. The molecule has 1 heterocycles. The van der Waals surface area contributed by atoms with Crippen molar-refractivity contribution in [3.63, 3.8) is 0 Å². The predicted molar refractivity (Wildman–Crippen MR) is 119 cm³/mol. The lowest BCUT2D eigenvalue weighted by atomic mass is 10.1. The van der Waals surface area contributed by atoms with E-state index in [2.05, 4.69) is 31.9 Å². The number of benzene rings is 2. The standard InChI is InChI=1S/C20H15Br2NO6S/c1-28-15-6-12(7-17-19(26)23(9-18(24)25)20(27)30-17)14(22)8-16(15)29-10-11-2-4-13(21)5-3-11/h2-8H,9-10H2,1H3,(H,24,25)/b17-7+. The molecule has 1 aliphatic heterocycles. The number of methoxy groups -OCH3 is 1. The third kappa shape index (κ3) is 5.24. The molecule has 0 radical (unpaired) electrons. The molecular formula is C20H15Br2NO6S. The summed E-state index contributed by atoms with van der Waals surface area (Å²) in [6, 6.07) is 11.1. The Hall–Kier alpha value is -2.30. The fourth-order valence-corrected chi connectivity index (χ4v) is 4.12. The molecule has 2 aromatic carbocycles. The van der Waals surface area contributed by atoms with Crippen molar-refractivity contribution in [2.75, 3.05) is 13.7 Å². The van der Waals surface area contributed by atoms with Crippen LogP contribution in [0.25, 0.3) is 6.08 Å². The average molecular weight is 557 g/mol. The van der Waals surface area contributed by atoms with E-state index >= 15 is 0 Å². The fraction of sp³-hybridized carbons (Fsp3) is 0.150. The van der Waals surface area contributed by atoms with E-state index in [-0.39, 0.29) is 4.91 Å². The van der Waals surface area contributed by atoms with Crippen LogP contribution < -0.4 is 9.47 Å². The second-order valence-electron chi connectivity index (χ2n) is 6.10. The van der Waals surface area contributed by atoms with E-state index in [4.69, 9.17) is 14.6 Å². The zero-order valence-electron chi connectivity index (χ0n) is 15.6. The average Bonchev–Trinajstić information content (AvgIpc) is 2.96. The summed E-state index contributed by atoms with van der Waals surface area (Å²) in [4.78, 5) is 36.0. The molecule has 7 nitrogen and oxygen atoms in total. The third-order valence-corrected chi connectivity index (χ3v) is 6.17. The zero-order valence-corrected chi connectivity index (χ0v) is 19.5. The number of carbonyl (C=O) groups is 3. The number of carboxylic acids is 1. The van der Waals surface area contributed by atoms with Gasteiger partial charge in [0.25, 0.3) is 11.1 Å². The van der Waals surface area contributed by atoms with Crippen molar-refractivity contribution in [1.82, 2.24) is 4.90 Å². The van der Waals surface area contributed by atoms with E-state index in [1.807, 2.05) is 24.3 Å². The van der Waals surface area contributed by atoms with Crippen molar-refractivity contribution < 1.29 is 29.0 Å². The number of carbonyl (C=O) groups excluding carboxylic acids is 2. The summed E-state index contributed by atoms with van der Waals surface area (Å²) in [5, 5.41) is 8.24.